The van der Waals surface area contributed by atoms with E-state index in [1.807, 2.05) is 0 Å². The molecule has 92 valence electrons. The van der Waals surface area contributed by atoms with Crippen LogP contribution in [0, 0.1) is 10.1 Å². The van der Waals surface area contributed by atoms with Gasteiger partial charge in [0.25, 0.3) is 5.69 Å². The summed E-state index contributed by atoms with van der Waals surface area (Å²) < 4.78 is 11.9. The average Bonchev–Trinajstić information content (AvgIpc) is 2.82. The van der Waals surface area contributed by atoms with Gasteiger partial charge in [-0.15, -0.1) is 0 Å². The van der Waals surface area contributed by atoms with Gasteiger partial charge in [0.15, 0.2) is 0 Å². The lowest BCUT2D eigenvalue weighted by Crippen LogP contribution is -2.27. The lowest BCUT2D eigenvalue weighted by molar-refractivity contribution is -0.385. The second-order valence-electron chi connectivity index (χ2n) is 3.92. The first-order chi connectivity index (χ1) is 8.16. The Kier molecular flexibility index (Phi) is 3.80. The minimum absolute atomic E-state index is 0.0789. The van der Waals surface area contributed by atoms with E-state index in [1.54, 1.807) is 0 Å². The molecule has 1 aliphatic rings. The van der Waals surface area contributed by atoms with E-state index in [9.17, 15) is 14.3 Å². The molecule has 0 radical (unpaired) electrons. The monoisotopic (exact) mass is 255 g/mol. The maximum atomic E-state index is 11.9. The first-order valence-electron chi connectivity index (χ1n) is 5.39. The quantitative estimate of drug-likeness (QED) is 0.636. The third-order valence-corrected chi connectivity index (χ3v) is 4.09. The number of aromatic nitrogens is 1. The van der Waals surface area contributed by atoms with Gasteiger partial charge in [-0.1, -0.05) is 0 Å². The Morgan fingerprint density at radius 3 is 2.94 bits per heavy atom. The van der Waals surface area contributed by atoms with Gasteiger partial charge in [0.05, 0.1) is 15.7 Å². The van der Waals surface area contributed by atoms with E-state index in [4.69, 9.17) is 0 Å². The van der Waals surface area contributed by atoms with Gasteiger partial charge in [-0.3, -0.25) is 14.3 Å². The van der Waals surface area contributed by atoms with Gasteiger partial charge in [0, 0.05) is 17.9 Å². The van der Waals surface area contributed by atoms with Crippen LogP contribution in [-0.2, 0) is 10.8 Å². The number of hydrogen-bond donors (Lipinski definition) is 1. The Labute approximate surface area is 101 Å². The van der Waals surface area contributed by atoms with Gasteiger partial charge >= 0.3 is 0 Å². The molecule has 0 aliphatic carbocycles. The molecule has 0 unspecified atom stereocenters. The summed E-state index contributed by atoms with van der Waals surface area (Å²) in [6, 6.07) is 3.07. The summed E-state index contributed by atoms with van der Waals surface area (Å²) in [6.07, 6.45) is 3.28. The van der Waals surface area contributed by atoms with Crippen molar-refractivity contribution in [2.24, 2.45) is 0 Å². The largest absolute Gasteiger partial charge is 0.313 e. The van der Waals surface area contributed by atoms with Crippen molar-refractivity contribution in [2.45, 2.75) is 23.9 Å². The zero-order valence-electron chi connectivity index (χ0n) is 9.17. The van der Waals surface area contributed by atoms with Gasteiger partial charge in [-0.25, -0.2) is 4.98 Å². The minimum Gasteiger partial charge on any atom is -0.313 e. The van der Waals surface area contributed by atoms with Crippen molar-refractivity contribution in [2.75, 3.05) is 12.3 Å². The summed E-state index contributed by atoms with van der Waals surface area (Å²) in [5.74, 6) is 0.519. The normalized spacial score (nSPS) is 21.3. The van der Waals surface area contributed by atoms with E-state index in [2.05, 4.69) is 10.3 Å². The molecular formula is C10H13N3O3S. The Bertz CT molecular complexity index is 429. The summed E-state index contributed by atoms with van der Waals surface area (Å²) >= 11 is 0. The van der Waals surface area contributed by atoms with Gasteiger partial charge < -0.3 is 5.32 Å². The molecule has 6 nitrogen and oxygen atoms in total. The molecule has 2 atom stereocenters. The van der Waals surface area contributed by atoms with Gasteiger partial charge in [0.1, 0.15) is 11.2 Å². The molecule has 1 fully saturated rings. The average molecular weight is 255 g/mol. The Balaban J connectivity index is 2.01. The molecule has 0 aromatic carbocycles. The highest BCUT2D eigenvalue weighted by Gasteiger charge is 2.18. The zero-order chi connectivity index (χ0) is 12.3. The van der Waals surface area contributed by atoms with E-state index < -0.39 is 15.7 Å². The predicted molar refractivity (Wildman–Crippen MR) is 63.2 cm³/mol. The van der Waals surface area contributed by atoms with Crippen LogP contribution in [0.3, 0.4) is 0 Å². The zero-order valence-corrected chi connectivity index (χ0v) is 9.98. The molecule has 1 aliphatic heterocycles. The summed E-state index contributed by atoms with van der Waals surface area (Å²) in [6.45, 7) is 0.968. The van der Waals surface area contributed by atoms with Crippen LogP contribution in [0.5, 0.6) is 0 Å². The third-order valence-electron chi connectivity index (χ3n) is 2.68. The fourth-order valence-electron chi connectivity index (χ4n) is 1.78. The van der Waals surface area contributed by atoms with E-state index in [-0.39, 0.29) is 11.7 Å². The molecular weight excluding hydrogens is 242 g/mol. The molecule has 0 spiro atoms. The number of hydrogen-bond acceptors (Lipinski definition) is 5. The Morgan fingerprint density at radius 1 is 1.59 bits per heavy atom. The maximum Gasteiger partial charge on any atom is 0.287 e. The molecule has 17 heavy (non-hydrogen) atoms. The number of nitrogens with one attached hydrogen (secondary N) is 1. The van der Waals surface area contributed by atoms with Crippen molar-refractivity contribution in [3.63, 3.8) is 0 Å². The molecule has 0 amide bonds. The summed E-state index contributed by atoms with van der Waals surface area (Å²) in [7, 11) is -1.19. The second kappa shape index (κ2) is 5.33. The van der Waals surface area contributed by atoms with E-state index in [1.165, 1.54) is 12.1 Å². The number of rotatable bonds is 4. The Hall–Kier alpha value is -1.34. The molecule has 1 saturated heterocycles. The molecule has 7 heteroatoms. The fraction of sp³-hybridized carbons (Fsp3) is 0.500. The highest BCUT2D eigenvalue weighted by atomic mass is 32.2. The molecule has 1 aromatic rings. The fourth-order valence-corrected chi connectivity index (χ4v) is 2.99. The smallest absolute Gasteiger partial charge is 0.287 e. The standard InChI is InChI=1S/C10H13N3O3S/c14-13(15)9-3-4-10(12-6-9)17(16)7-8-2-1-5-11-8/h3-4,6,8,11H,1-2,5,7H2/t8-,17-/m0/s1. The van der Waals surface area contributed by atoms with Crippen LogP contribution in [0.25, 0.3) is 0 Å². The van der Waals surface area contributed by atoms with Gasteiger partial charge in [0.2, 0.25) is 0 Å². The highest BCUT2D eigenvalue weighted by molar-refractivity contribution is 7.85. The number of pyridine rings is 1. The topological polar surface area (TPSA) is 85.1 Å². The van der Waals surface area contributed by atoms with Crippen LogP contribution < -0.4 is 5.32 Å². The van der Waals surface area contributed by atoms with Crippen molar-refractivity contribution >= 4 is 16.5 Å². The summed E-state index contributed by atoms with van der Waals surface area (Å²) in [4.78, 5) is 13.8. The molecule has 2 heterocycles. The van der Waals surface area contributed by atoms with Gasteiger partial charge in [-0.2, -0.15) is 0 Å². The predicted octanol–water partition coefficient (Wildman–Crippen LogP) is 0.849. The first kappa shape index (κ1) is 12.1. The van der Waals surface area contributed by atoms with Gasteiger partial charge in [-0.05, 0) is 25.5 Å². The molecule has 0 saturated carbocycles. The van der Waals surface area contributed by atoms with E-state index >= 15 is 0 Å². The van der Waals surface area contributed by atoms with Crippen LogP contribution in [-0.4, -0.2) is 32.5 Å². The molecule has 0 bridgehead atoms. The lowest BCUT2D eigenvalue weighted by Gasteiger charge is -2.08. The highest BCUT2D eigenvalue weighted by Crippen LogP contribution is 2.14. The van der Waals surface area contributed by atoms with Crippen molar-refractivity contribution in [3.05, 3.63) is 28.4 Å². The lowest BCUT2D eigenvalue weighted by atomic mass is 10.3. The molecule has 1 N–H and O–H groups in total. The molecule has 2 rings (SSSR count). The summed E-state index contributed by atoms with van der Waals surface area (Å²) in [5.41, 5.74) is -0.0789. The number of nitrogens with zero attached hydrogens (tertiary/aromatic N) is 2. The summed E-state index contributed by atoms with van der Waals surface area (Å²) in [5, 5.41) is 14.1. The SMILES string of the molecule is O=[N+]([O-])c1ccc([S@@](=O)C[C@@H]2CCCN2)nc1. The second-order valence-corrected chi connectivity index (χ2v) is 5.36. The van der Waals surface area contributed by atoms with Crippen molar-refractivity contribution in [1.29, 1.82) is 0 Å². The van der Waals surface area contributed by atoms with Crippen LogP contribution in [0.15, 0.2) is 23.4 Å². The molecule has 1 aromatic heterocycles. The number of nitro groups is 1. The van der Waals surface area contributed by atoms with Crippen LogP contribution in [0.1, 0.15) is 12.8 Å². The van der Waals surface area contributed by atoms with Crippen molar-refractivity contribution in [1.82, 2.24) is 10.3 Å². The van der Waals surface area contributed by atoms with Crippen LogP contribution >= 0.6 is 0 Å². The first-order valence-corrected chi connectivity index (χ1v) is 6.71. The van der Waals surface area contributed by atoms with Crippen molar-refractivity contribution < 1.29 is 9.13 Å². The van der Waals surface area contributed by atoms with Crippen LogP contribution in [0.4, 0.5) is 5.69 Å². The van der Waals surface area contributed by atoms with E-state index in [0.29, 0.717) is 10.8 Å². The Morgan fingerprint density at radius 2 is 2.41 bits per heavy atom. The van der Waals surface area contributed by atoms with Crippen molar-refractivity contribution in [3.8, 4) is 0 Å². The maximum absolute atomic E-state index is 11.9. The van der Waals surface area contributed by atoms with E-state index in [0.717, 1.165) is 25.6 Å². The third kappa shape index (κ3) is 3.07. The van der Waals surface area contributed by atoms with Crippen LogP contribution in [0.2, 0.25) is 0 Å². The minimum atomic E-state index is -1.19.